The van der Waals surface area contributed by atoms with Gasteiger partial charge in [-0.25, -0.2) is 0 Å². The molecule has 0 saturated carbocycles. The van der Waals surface area contributed by atoms with Crippen LogP contribution in [-0.2, 0) is 0 Å². The van der Waals surface area contributed by atoms with E-state index < -0.39 is 0 Å². The number of ketones is 1. The first-order chi connectivity index (χ1) is 8.78. The lowest BCUT2D eigenvalue weighted by Crippen LogP contribution is -2.04. The van der Waals surface area contributed by atoms with E-state index in [1.165, 1.54) is 0 Å². The molecule has 3 rings (SSSR count). The van der Waals surface area contributed by atoms with Crippen LogP contribution in [0.5, 0.6) is 0 Å². The highest BCUT2D eigenvalue weighted by molar-refractivity contribution is 6.10. The number of hydrogen-bond acceptors (Lipinski definition) is 4. The summed E-state index contributed by atoms with van der Waals surface area (Å²) in [5, 5.41) is 0. The molecule has 0 bridgehead atoms. The van der Waals surface area contributed by atoms with Crippen LogP contribution in [0.4, 0.5) is 5.69 Å². The van der Waals surface area contributed by atoms with E-state index in [2.05, 4.69) is 4.99 Å². The van der Waals surface area contributed by atoms with Gasteiger partial charge in [0.2, 0.25) is 0 Å². The molecule has 0 spiro atoms. The normalized spacial score (nSPS) is 13.4. The third-order valence-electron chi connectivity index (χ3n) is 2.83. The Labute approximate surface area is 103 Å². The molecule has 0 unspecified atom stereocenters. The average molecular weight is 239 g/mol. The molecule has 1 aliphatic rings. The number of benzene rings is 1. The van der Waals surface area contributed by atoms with Gasteiger partial charge in [-0.05, 0) is 30.3 Å². The minimum atomic E-state index is 0.0454. The van der Waals surface area contributed by atoms with Gasteiger partial charge >= 0.3 is 0 Å². The second-order valence-corrected chi connectivity index (χ2v) is 3.99. The molecule has 2 heterocycles. The van der Waals surface area contributed by atoms with Crippen LogP contribution in [-0.4, -0.2) is 18.3 Å². The average Bonchev–Trinajstić information content (AvgIpc) is 2.88. The summed E-state index contributed by atoms with van der Waals surface area (Å²) in [4.78, 5) is 26.5. The highest BCUT2D eigenvalue weighted by Gasteiger charge is 2.16. The third kappa shape index (κ3) is 1.68. The second-order valence-electron chi connectivity index (χ2n) is 3.99. The van der Waals surface area contributed by atoms with Crippen LogP contribution in [0.3, 0.4) is 0 Å². The first-order valence-electron chi connectivity index (χ1n) is 5.53. The van der Waals surface area contributed by atoms with Crippen molar-refractivity contribution >= 4 is 24.0 Å². The van der Waals surface area contributed by atoms with Gasteiger partial charge in [-0.1, -0.05) is 0 Å². The van der Waals surface area contributed by atoms with Crippen LogP contribution < -0.4 is 0 Å². The van der Waals surface area contributed by atoms with Crippen molar-refractivity contribution in [1.82, 2.24) is 0 Å². The largest absolute Gasteiger partial charge is 0.453 e. The fourth-order valence-corrected chi connectivity index (χ4v) is 1.93. The van der Waals surface area contributed by atoms with Gasteiger partial charge in [0.15, 0.2) is 17.8 Å². The van der Waals surface area contributed by atoms with Crippen molar-refractivity contribution in [3.8, 4) is 11.3 Å². The molecule has 1 aliphatic heterocycles. The summed E-state index contributed by atoms with van der Waals surface area (Å²) in [7, 11) is 0. The van der Waals surface area contributed by atoms with Crippen LogP contribution in [0.15, 0.2) is 39.7 Å². The highest BCUT2D eigenvalue weighted by atomic mass is 16.3. The Bertz CT molecular complexity index is 667. The fraction of sp³-hybridized carbons (Fsp3) is 0.0714. The molecule has 4 nitrogen and oxygen atoms in total. The maximum atomic E-state index is 11.8. The molecule has 0 fully saturated rings. The Morgan fingerprint density at radius 3 is 2.89 bits per heavy atom. The molecule has 88 valence electrons. The summed E-state index contributed by atoms with van der Waals surface area (Å²) in [5.74, 6) is 0.887. The Hall–Kier alpha value is -2.49. The lowest BCUT2D eigenvalue weighted by atomic mass is 10.0. The van der Waals surface area contributed by atoms with Crippen LogP contribution in [0, 0.1) is 0 Å². The van der Waals surface area contributed by atoms with Crippen molar-refractivity contribution in [2.75, 3.05) is 0 Å². The molecule has 0 aliphatic carbocycles. The van der Waals surface area contributed by atoms with Gasteiger partial charge in [0, 0.05) is 23.8 Å². The Kier molecular flexibility index (Phi) is 2.41. The summed E-state index contributed by atoms with van der Waals surface area (Å²) in [6.07, 6.45) is 2.59. The number of nitrogens with zero attached hydrogens (tertiary/aromatic N) is 1. The molecular weight excluding hydrogens is 230 g/mol. The van der Waals surface area contributed by atoms with Crippen LogP contribution in [0.2, 0.25) is 0 Å². The number of aldehydes is 1. The summed E-state index contributed by atoms with van der Waals surface area (Å²) in [5.41, 5.74) is 2.04. The Morgan fingerprint density at radius 2 is 2.11 bits per heavy atom. The number of Topliss-reactive ketones (excluding diaryl/α,β-unsaturated/α-hetero) is 1. The van der Waals surface area contributed by atoms with E-state index in [0.717, 1.165) is 5.56 Å². The van der Waals surface area contributed by atoms with Crippen LogP contribution >= 0.6 is 0 Å². The van der Waals surface area contributed by atoms with Gasteiger partial charge in [-0.2, -0.15) is 0 Å². The number of fused-ring (bicyclic) bond motifs is 1. The Balaban J connectivity index is 2.09. The zero-order valence-electron chi connectivity index (χ0n) is 9.42. The molecular formula is C14H9NO3. The Morgan fingerprint density at radius 1 is 1.22 bits per heavy atom. The van der Waals surface area contributed by atoms with Gasteiger partial charge in [0.05, 0.1) is 5.69 Å². The second kappa shape index (κ2) is 4.07. The molecule has 0 amide bonds. The molecule has 1 aromatic heterocycles. The molecule has 0 atom stereocenters. The van der Waals surface area contributed by atoms with Crippen LogP contribution in [0.1, 0.15) is 27.3 Å². The lowest BCUT2D eigenvalue weighted by molar-refractivity contribution is 0.100. The van der Waals surface area contributed by atoms with Gasteiger partial charge in [-0.3, -0.25) is 14.6 Å². The highest BCUT2D eigenvalue weighted by Crippen LogP contribution is 2.30. The minimum Gasteiger partial charge on any atom is -0.453 e. The van der Waals surface area contributed by atoms with Gasteiger partial charge < -0.3 is 4.42 Å². The summed E-state index contributed by atoms with van der Waals surface area (Å²) < 4.78 is 5.33. The smallest absolute Gasteiger partial charge is 0.185 e. The number of carbonyl (C=O) groups is 2. The summed E-state index contributed by atoms with van der Waals surface area (Å²) in [6.45, 7) is 0. The van der Waals surface area contributed by atoms with Gasteiger partial charge in [0.1, 0.15) is 5.76 Å². The minimum absolute atomic E-state index is 0.0454. The van der Waals surface area contributed by atoms with Crippen molar-refractivity contribution in [3.05, 3.63) is 41.7 Å². The molecule has 4 heteroatoms. The molecule has 0 N–H and O–H groups in total. The molecule has 0 radical (unpaired) electrons. The van der Waals surface area contributed by atoms with Crippen molar-refractivity contribution < 1.29 is 14.0 Å². The van der Waals surface area contributed by atoms with Crippen molar-refractivity contribution in [2.24, 2.45) is 4.99 Å². The van der Waals surface area contributed by atoms with E-state index in [-0.39, 0.29) is 11.5 Å². The number of hydrogen-bond donors (Lipinski definition) is 0. The predicted molar refractivity (Wildman–Crippen MR) is 66.6 cm³/mol. The quantitative estimate of drug-likeness (QED) is 0.757. The first kappa shape index (κ1) is 10.7. The maximum Gasteiger partial charge on any atom is 0.185 e. The number of carbonyl (C=O) groups excluding carboxylic acids is 2. The standard InChI is InChI=1S/C14H9NO3/c16-8-10-2-4-14(18-10)9-1-3-12-11(7-9)13(17)5-6-15-12/h1-4,6-8H,5H2. The van der Waals surface area contributed by atoms with Crippen molar-refractivity contribution in [2.45, 2.75) is 6.42 Å². The summed E-state index contributed by atoms with van der Waals surface area (Å²) in [6, 6.07) is 8.66. The van der Waals surface area contributed by atoms with E-state index >= 15 is 0 Å². The number of aliphatic imine (C=N–C) groups is 1. The van der Waals surface area contributed by atoms with Gasteiger partial charge in [-0.15, -0.1) is 0 Å². The SMILES string of the molecule is O=Cc1ccc(-c2ccc3c(c2)C(=O)CC=N3)o1. The molecule has 2 aromatic rings. The van der Waals surface area contributed by atoms with Crippen molar-refractivity contribution in [1.29, 1.82) is 0 Å². The van der Waals surface area contributed by atoms with E-state index in [9.17, 15) is 9.59 Å². The topological polar surface area (TPSA) is 59.6 Å². The van der Waals surface area contributed by atoms with Crippen LogP contribution in [0.25, 0.3) is 11.3 Å². The fourth-order valence-electron chi connectivity index (χ4n) is 1.93. The molecule has 1 aromatic carbocycles. The van der Waals surface area contributed by atoms with E-state index in [1.807, 2.05) is 6.07 Å². The van der Waals surface area contributed by atoms with E-state index in [1.54, 1.807) is 30.5 Å². The maximum absolute atomic E-state index is 11.8. The van der Waals surface area contributed by atoms with Crippen molar-refractivity contribution in [3.63, 3.8) is 0 Å². The zero-order valence-corrected chi connectivity index (χ0v) is 9.42. The third-order valence-corrected chi connectivity index (χ3v) is 2.83. The van der Waals surface area contributed by atoms with E-state index in [4.69, 9.17) is 4.42 Å². The molecule has 18 heavy (non-hydrogen) atoms. The summed E-state index contributed by atoms with van der Waals surface area (Å²) >= 11 is 0. The number of furan rings is 1. The predicted octanol–water partition coefficient (Wildman–Crippen LogP) is 3.05. The zero-order chi connectivity index (χ0) is 12.5. The number of rotatable bonds is 2. The monoisotopic (exact) mass is 239 g/mol. The van der Waals surface area contributed by atoms with Gasteiger partial charge in [0.25, 0.3) is 0 Å². The lowest BCUT2D eigenvalue weighted by Gasteiger charge is -2.09. The molecule has 0 saturated heterocycles. The van der Waals surface area contributed by atoms with E-state index in [0.29, 0.717) is 29.7 Å². The first-order valence-corrected chi connectivity index (χ1v) is 5.53.